The van der Waals surface area contributed by atoms with E-state index in [2.05, 4.69) is 36.8 Å². The number of fused-ring (bicyclic) bond motifs is 1. The molecule has 0 bridgehead atoms. The minimum Gasteiger partial charge on any atom is -0.488 e. The van der Waals surface area contributed by atoms with E-state index >= 15 is 0 Å². The van der Waals surface area contributed by atoms with Crippen LogP contribution in [0.15, 0.2) is 82.4 Å². The minimum atomic E-state index is -0.562. The number of carbonyl (C=O) groups excluding carboxylic acids is 1. The quantitative estimate of drug-likeness (QED) is 0.314. The van der Waals surface area contributed by atoms with E-state index in [4.69, 9.17) is 4.74 Å². The fourth-order valence-corrected chi connectivity index (χ4v) is 3.27. The Morgan fingerprint density at radius 3 is 2.71 bits per heavy atom. The number of para-hydroxylation sites is 2. The summed E-state index contributed by atoms with van der Waals surface area (Å²) in [5.74, 6) is 0.388. The maximum atomic E-state index is 12.5. The van der Waals surface area contributed by atoms with Crippen molar-refractivity contribution >= 4 is 39.1 Å². The first-order valence-electron chi connectivity index (χ1n) is 9.71. The molecular formula is C23H20BrN5O2. The second-order valence-corrected chi connectivity index (χ2v) is 7.80. The van der Waals surface area contributed by atoms with Gasteiger partial charge in [-0.1, -0.05) is 57.5 Å². The summed E-state index contributed by atoms with van der Waals surface area (Å²) in [7, 11) is 0. The van der Waals surface area contributed by atoms with Gasteiger partial charge in [-0.2, -0.15) is 5.10 Å². The van der Waals surface area contributed by atoms with E-state index in [1.165, 1.54) is 0 Å². The molecule has 7 nitrogen and oxygen atoms in total. The summed E-state index contributed by atoms with van der Waals surface area (Å²) >= 11 is 3.43. The summed E-state index contributed by atoms with van der Waals surface area (Å²) in [4.78, 5) is 12.5. The predicted octanol–water partition coefficient (Wildman–Crippen LogP) is 4.48. The molecule has 8 heteroatoms. The van der Waals surface area contributed by atoms with Crippen LogP contribution >= 0.6 is 15.9 Å². The molecule has 0 unspecified atom stereocenters. The lowest BCUT2D eigenvalue weighted by Crippen LogP contribution is -2.28. The minimum absolute atomic E-state index is 0.292. The van der Waals surface area contributed by atoms with Crippen molar-refractivity contribution < 1.29 is 9.53 Å². The van der Waals surface area contributed by atoms with Gasteiger partial charge >= 0.3 is 0 Å². The van der Waals surface area contributed by atoms with Crippen LogP contribution in [0.4, 0.5) is 0 Å². The predicted molar refractivity (Wildman–Crippen MR) is 123 cm³/mol. The molecule has 0 saturated carbocycles. The number of nitrogens with one attached hydrogen (secondary N) is 1. The molecule has 3 aromatic carbocycles. The fourth-order valence-electron chi connectivity index (χ4n) is 3.00. The van der Waals surface area contributed by atoms with Gasteiger partial charge < -0.3 is 4.74 Å². The highest BCUT2D eigenvalue weighted by Gasteiger charge is 2.18. The van der Waals surface area contributed by atoms with Gasteiger partial charge in [0.1, 0.15) is 23.9 Å². The average molecular weight is 478 g/mol. The number of ether oxygens (including phenoxy) is 1. The van der Waals surface area contributed by atoms with Gasteiger partial charge in [0, 0.05) is 10.0 Å². The SMILES string of the molecule is C[C@@H](C(=O)NN=Cc1ccccc1OCc1ccc(Br)cc1)n1nnc2ccccc21. The van der Waals surface area contributed by atoms with Crippen molar-refractivity contribution in [2.75, 3.05) is 0 Å². The third-order valence-electron chi connectivity index (χ3n) is 4.73. The highest BCUT2D eigenvalue weighted by atomic mass is 79.9. The first-order chi connectivity index (χ1) is 15.1. The lowest BCUT2D eigenvalue weighted by Gasteiger charge is -2.11. The van der Waals surface area contributed by atoms with Gasteiger partial charge in [-0.25, -0.2) is 10.1 Å². The Balaban J connectivity index is 1.40. The van der Waals surface area contributed by atoms with E-state index in [1.54, 1.807) is 17.8 Å². The van der Waals surface area contributed by atoms with Crippen molar-refractivity contribution in [2.45, 2.75) is 19.6 Å². The van der Waals surface area contributed by atoms with Gasteiger partial charge in [0.15, 0.2) is 0 Å². The second-order valence-electron chi connectivity index (χ2n) is 6.89. The molecule has 0 saturated heterocycles. The zero-order valence-electron chi connectivity index (χ0n) is 16.8. The number of hydrogen-bond acceptors (Lipinski definition) is 5. The molecule has 4 rings (SSSR count). The molecule has 0 aliphatic heterocycles. The fraction of sp³-hybridized carbons (Fsp3) is 0.130. The second kappa shape index (κ2) is 9.53. The smallest absolute Gasteiger partial charge is 0.264 e. The molecule has 0 fully saturated rings. The normalized spacial score (nSPS) is 12.2. The molecule has 1 N–H and O–H groups in total. The molecule has 0 aliphatic rings. The van der Waals surface area contributed by atoms with Crippen molar-refractivity contribution in [3.05, 3.63) is 88.4 Å². The topological polar surface area (TPSA) is 81.4 Å². The summed E-state index contributed by atoms with van der Waals surface area (Å²) in [6, 6.07) is 22.4. The molecule has 1 heterocycles. The number of aromatic nitrogens is 3. The highest BCUT2D eigenvalue weighted by molar-refractivity contribution is 9.10. The first kappa shape index (κ1) is 20.7. The van der Waals surface area contributed by atoms with E-state index in [-0.39, 0.29) is 5.91 Å². The molecule has 156 valence electrons. The Morgan fingerprint density at radius 1 is 1.13 bits per heavy atom. The average Bonchev–Trinajstić information content (AvgIpc) is 3.23. The summed E-state index contributed by atoms with van der Waals surface area (Å²) < 4.78 is 8.53. The maximum absolute atomic E-state index is 12.5. The third-order valence-corrected chi connectivity index (χ3v) is 5.26. The van der Waals surface area contributed by atoms with Gasteiger partial charge in [0.25, 0.3) is 5.91 Å². The van der Waals surface area contributed by atoms with Gasteiger partial charge in [-0.05, 0) is 48.9 Å². The number of halogens is 1. The molecule has 0 radical (unpaired) electrons. The Morgan fingerprint density at radius 2 is 1.87 bits per heavy atom. The van der Waals surface area contributed by atoms with Crippen molar-refractivity contribution in [3.8, 4) is 5.75 Å². The summed E-state index contributed by atoms with van der Waals surface area (Å²) in [6.45, 7) is 2.18. The number of amides is 1. The number of carbonyl (C=O) groups is 1. The molecule has 1 amide bonds. The number of rotatable bonds is 7. The third kappa shape index (κ3) is 4.97. The van der Waals surface area contributed by atoms with Crippen molar-refractivity contribution in [1.29, 1.82) is 0 Å². The van der Waals surface area contributed by atoms with Crippen LogP contribution in [0.25, 0.3) is 11.0 Å². The van der Waals surface area contributed by atoms with Crippen LogP contribution in [0.3, 0.4) is 0 Å². The van der Waals surface area contributed by atoms with Crippen LogP contribution in [-0.4, -0.2) is 27.1 Å². The number of benzene rings is 3. The molecule has 4 aromatic rings. The van der Waals surface area contributed by atoms with Crippen LogP contribution in [0.5, 0.6) is 5.75 Å². The summed E-state index contributed by atoms with van der Waals surface area (Å²) in [5, 5.41) is 12.3. The summed E-state index contributed by atoms with van der Waals surface area (Å²) in [5.41, 5.74) is 5.92. The molecule has 31 heavy (non-hydrogen) atoms. The van der Waals surface area contributed by atoms with Gasteiger partial charge in [0.05, 0.1) is 11.7 Å². The van der Waals surface area contributed by atoms with E-state index < -0.39 is 6.04 Å². The number of hydrogen-bond donors (Lipinski definition) is 1. The zero-order valence-corrected chi connectivity index (χ0v) is 18.4. The lowest BCUT2D eigenvalue weighted by molar-refractivity contribution is -0.124. The van der Waals surface area contributed by atoms with E-state index in [1.807, 2.05) is 72.8 Å². The van der Waals surface area contributed by atoms with E-state index in [0.29, 0.717) is 12.4 Å². The Labute approximate surface area is 187 Å². The van der Waals surface area contributed by atoms with Crippen LogP contribution < -0.4 is 10.2 Å². The first-order valence-corrected chi connectivity index (χ1v) is 10.5. The Bertz CT molecular complexity index is 1220. The summed E-state index contributed by atoms with van der Waals surface area (Å²) in [6.07, 6.45) is 1.57. The largest absolute Gasteiger partial charge is 0.488 e. The molecule has 1 aromatic heterocycles. The Kier molecular flexibility index (Phi) is 6.37. The van der Waals surface area contributed by atoms with Gasteiger partial charge in [-0.3, -0.25) is 4.79 Å². The highest BCUT2D eigenvalue weighted by Crippen LogP contribution is 2.19. The van der Waals surface area contributed by atoms with Crippen LogP contribution in [0, 0.1) is 0 Å². The molecule has 0 aliphatic carbocycles. The maximum Gasteiger partial charge on any atom is 0.264 e. The molecule has 1 atom stereocenters. The van der Waals surface area contributed by atoms with Crippen molar-refractivity contribution in [2.24, 2.45) is 5.10 Å². The van der Waals surface area contributed by atoms with Crippen molar-refractivity contribution in [3.63, 3.8) is 0 Å². The van der Waals surface area contributed by atoms with Gasteiger partial charge in [0.2, 0.25) is 0 Å². The number of nitrogens with zero attached hydrogens (tertiary/aromatic N) is 4. The van der Waals surface area contributed by atoms with E-state index in [0.717, 1.165) is 26.6 Å². The zero-order chi connectivity index (χ0) is 21.6. The van der Waals surface area contributed by atoms with Crippen molar-refractivity contribution in [1.82, 2.24) is 20.4 Å². The van der Waals surface area contributed by atoms with Crippen LogP contribution in [0.2, 0.25) is 0 Å². The molecular weight excluding hydrogens is 458 g/mol. The Hall–Kier alpha value is -3.52. The molecule has 0 spiro atoms. The van der Waals surface area contributed by atoms with Crippen LogP contribution in [-0.2, 0) is 11.4 Å². The number of hydrazone groups is 1. The van der Waals surface area contributed by atoms with Crippen LogP contribution in [0.1, 0.15) is 24.1 Å². The monoisotopic (exact) mass is 477 g/mol. The van der Waals surface area contributed by atoms with Gasteiger partial charge in [-0.15, -0.1) is 5.10 Å². The lowest BCUT2D eigenvalue weighted by atomic mass is 10.2. The standard InChI is InChI=1S/C23H20BrN5O2/c1-16(29-21-8-4-3-7-20(21)26-28-29)23(30)27-25-14-18-6-2-5-9-22(18)31-15-17-10-12-19(24)13-11-17/h2-14,16H,15H2,1H3,(H,27,30)/t16-/m0/s1. The van der Waals surface area contributed by atoms with E-state index in [9.17, 15) is 4.79 Å².